The summed E-state index contributed by atoms with van der Waals surface area (Å²) in [6, 6.07) is 5.07. The summed E-state index contributed by atoms with van der Waals surface area (Å²) in [6.07, 6.45) is 0. The summed E-state index contributed by atoms with van der Waals surface area (Å²) in [6.45, 7) is 0. The van der Waals surface area contributed by atoms with E-state index in [1.807, 2.05) is 6.07 Å². The first kappa shape index (κ1) is 14.5. The second-order valence-electron chi connectivity index (χ2n) is 3.88. The van der Waals surface area contributed by atoms with Crippen LogP contribution < -0.4 is 5.73 Å². The number of phenols is 1. The van der Waals surface area contributed by atoms with Crippen LogP contribution in [0.3, 0.4) is 0 Å². The summed E-state index contributed by atoms with van der Waals surface area (Å²) in [4.78, 5) is -1.61. The maximum absolute atomic E-state index is 11.3. The number of rotatable bonds is 2. The van der Waals surface area contributed by atoms with E-state index in [-0.39, 0.29) is 16.5 Å². The van der Waals surface area contributed by atoms with Crippen molar-refractivity contribution in [3.63, 3.8) is 0 Å². The van der Waals surface area contributed by atoms with Crippen molar-refractivity contribution < 1.29 is 31.0 Å². The Bertz CT molecular complexity index is 916. The van der Waals surface area contributed by atoms with Gasteiger partial charge in [-0.15, -0.1) is 0 Å². The minimum Gasteiger partial charge on any atom is -0.507 e. The molecule has 0 fully saturated rings. The lowest BCUT2D eigenvalue weighted by molar-refractivity contribution is 0.469. The quantitative estimate of drug-likeness (QED) is 0.458. The molecule has 0 aliphatic carbocycles. The van der Waals surface area contributed by atoms with Gasteiger partial charge in [-0.3, -0.25) is 9.11 Å². The lowest BCUT2D eigenvalue weighted by Crippen LogP contribution is -2.05. The van der Waals surface area contributed by atoms with Crippen LogP contribution in [0, 0.1) is 6.07 Å². The van der Waals surface area contributed by atoms with Gasteiger partial charge in [0, 0.05) is 10.8 Å². The van der Waals surface area contributed by atoms with E-state index >= 15 is 0 Å². The van der Waals surface area contributed by atoms with E-state index in [2.05, 4.69) is 0 Å². The fourth-order valence-electron chi connectivity index (χ4n) is 1.74. The predicted octanol–water partition coefficient (Wildman–Crippen LogP) is 0.421. The molecule has 0 bridgehead atoms. The van der Waals surface area contributed by atoms with Crippen LogP contribution in [0.5, 0.6) is 5.75 Å². The van der Waals surface area contributed by atoms with Crippen LogP contribution >= 0.6 is 0 Å². The summed E-state index contributed by atoms with van der Waals surface area (Å²) in [5.74, 6) is -0.708. The molecule has 5 N–H and O–H groups in total. The number of nitrogen functional groups attached to an aromatic ring is 1. The molecule has 107 valence electrons. The topological polar surface area (TPSA) is 155 Å². The normalized spacial score (nSPS) is 12.7. The molecule has 1 radical (unpaired) electrons. The Morgan fingerprint density at radius 2 is 1.60 bits per heavy atom. The number of phenolic OH excluding ortho intramolecular Hbond substituents is 1. The van der Waals surface area contributed by atoms with Gasteiger partial charge < -0.3 is 10.8 Å². The minimum atomic E-state index is -4.77. The van der Waals surface area contributed by atoms with E-state index in [0.29, 0.717) is 0 Å². The highest BCUT2D eigenvalue weighted by Crippen LogP contribution is 2.35. The largest absolute Gasteiger partial charge is 0.507 e. The summed E-state index contributed by atoms with van der Waals surface area (Å²) >= 11 is 0. The van der Waals surface area contributed by atoms with Crippen molar-refractivity contribution in [1.29, 1.82) is 0 Å². The lowest BCUT2D eigenvalue weighted by atomic mass is 10.1. The number of fused-ring (bicyclic) bond motifs is 1. The van der Waals surface area contributed by atoms with E-state index in [1.165, 1.54) is 6.07 Å². The van der Waals surface area contributed by atoms with Crippen LogP contribution in [-0.4, -0.2) is 31.0 Å². The SMILES string of the molecule is Nc1ccc2c(O)[c]c(S(=O)(=O)O)cc2c1S(=O)(=O)O. The van der Waals surface area contributed by atoms with Crippen molar-refractivity contribution in [3.8, 4) is 5.75 Å². The van der Waals surface area contributed by atoms with Gasteiger partial charge in [-0.1, -0.05) is 0 Å². The Kier molecular flexibility index (Phi) is 3.13. The molecule has 0 saturated carbocycles. The molecular formula is C10H8NO7S2. The highest BCUT2D eigenvalue weighted by atomic mass is 32.2. The highest BCUT2D eigenvalue weighted by molar-refractivity contribution is 7.86. The average Bonchev–Trinajstić information content (AvgIpc) is 2.24. The van der Waals surface area contributed by atoms with Gasteiger partial charge in [0.15, 0.2) is 0 Å². The molecule has 0 atom stereocenters. The maximum atomic E-state index is 11.3. The Balaban J connectivity index is 3.08. The van der Waals surface area contributed by atoms with E-state index in [0.717, 1.165) is 12.1 Å². The van der Waals surface area contributed by atoms with E-state index in [9.17, 15) is 21.9 Å². The van der Waals surface area contributed by atoms with E-state index in [1.54, 1.807) is 0 Å². The van der Waals surface area contributed by atoms with Crippen LogP contribution in [0.4, 0.5) is 5.69 Å². The van der Waals surface area contributed by atoms with Gasteiger partial charge in [-0.05, 0) is 18.2 Å². The Morgan fingerprint density at radius 1 is 1.00 bits per heavy atom. The third-order valence-electron chi connectivity index (χ3n) is 2.53. The van der Waals surface area contributed by atoms with Crippen molar-refractivity contribution in [1.82, 2.24) is 0 Å². The molecule has 2 aromatic carbocycles. The Labute approximate surface area is 114 Å². The first-order valence-corrected chi connectivity index (χ1v) is 7.82. The first-order chi connectivity index (χ1) is 9.01. The first-order valence-electron chi connectivity index (χ1n) is 4.94. The van der Waals surface area contributed by atoms with Gasteiger partial charge in [-0.2, -0.15) is 16.8 Å². The molecule has 20 heavy (non-hydrogen) atoms. The van der Waals surface area contributed by atoms with E-state index in [4.69, 9.17) is 14.8 Å². The van der Waals surface area contributed by atoms with Crippen LogP contribution in [0.25, 0.3) is 10.8 Å². The molecule has 10 heteroatoms. The summed E-state index contributed by atoms with van der Waals surface area (Å²) in [5, 5.41) is 9.20. The molecule has 0 unspecified atom stereocenters. The molecule has 8 nitrogen and oxygen atoms in total. The molecule has 0 aliphatic rings. The zero-order valence-electron chi connectivity index (χ0n) is 9.60. The van der Waals surface area contributed by atoms with Gasteiger partial charge in [0.05, 0.1) is 11.8 Å². The number of anilines is 1. The molecule has 0 heterocycles. The molecule has 0 saturated heterocycles. The highest BCUT2D eigenvalue weighted by Gasteiger charge is 2.22. The molecule has 2 aromatic rings. The van der Waals surface area contributed by atoms with Crippen molar-refractivity contribution in [2.45, 2.75) is 9.79 Å². The summed E-state index contributed by atoms with van der Waals surface area (Å²) in [7, 11) is -9.49. The standard InChI is InChI=1S/C10H8NO7S2/c11-8-2-1-6-7(10(8)20(16,17)18)3-5(4-9(6)12)19(13,14)15/h1-3,12H,11H2,(H,13,14,15)(H,16,17,18). The number of benzene rings is 2. The third-order valence-corrected chi connectivity index (χ3v) is 4.28. The Hall–Kier alpha value is -1.88. The number of aromatic hydroxyl groups is 1. The van der Waals surface area contributed by atoms with Gasteiger partial charge in [-0.25, -0.2) is 0 Å². The minimum absolute atomic E-state index is 0.0979. The number of nitrogens with two attached hydrogens (primary N) is 1. The molecule has 0 aromatic heterocycles. The zero-order chi connectivity index (χ0) is 15.3. The van der Waals surface area contributed by atoms with Crippen molar-refractivity contribution in [2.24, 2.45) is 0 Å². The maximum Gasteiger partial charge on any atom is 0.297 e. The van der Waals surface area contributed by atoms with Crippen molar-refractivity contribution in [2.75, 3.05) is 5.73 Å². The monoisotopic (exact) mass is 318 g/mol. The van der Waals surface area contributed by atoms with Crippen LogP contribution in [0.2, 0.25) is 0 Å². The second-order valence-corrected chi connectivity index (χ2v) is 6.63. The smallest absolute Gasteiger partial charge is 0.297 e. The molecular weight excluding hydrogens is 310 g/mol. The number of hydrogen-bond donors (Lipinski definition) is 4. The van der Waals surface area contributed by atoms with Crippen LogP contribution in [0.1, 0.15) is 0 Å². The van der Waals surface area contributed by atoms with Gasteiger partial charge in [0.2, 0.25) is 0 Å². The third kappa shape index (κ3) is 2.41. The van der Waals surface area contributed by atoms with Crippen molar-refractivity contribution >= 4 is 36.7 Å². The van der Waals surface area contributed by atoms with Gasteiger partial charge in [0.25, 0.3) is 20.2 Å². The predicted molar refractivity (Wildman–Crippen MR) is 68.5 cm³/mol. The summed E-state index contributed by atoms with van der Waals surface area (Å²) < 4.78 is 62.8. The Morgan fingerprint density at radius 3 is 2.10 bits per heavy atom. The fourth-order valence-corrected chi connectivity index (χ4v) is 3.05. The van der Waals surface area contributed by atoms with Crippen LogP contribution in [-0.2, 0) is 20.2 Å². The number of hydrogen-bond acceptors (Lipinski definition) is 6. The van der Waals surface area contributed by atoms with Crippen LogP contribution in [0.15, 0.2) is 28.0 Å². The van der Waals surface area contributed by atoms with Crippen molar-refractivity contribution in [3.05, 3.63) is 24.3 Å². The van der Waals surface area contributed by atoms with Gasteiger partial charge in [0.1, 0.15) is 15.5 Å². The lowest BCUT2D eigenvalue weighted by Gasteiger charge is -2.09. The average molecular weight is 318 g/mol. The fraction of sp³-hybridized carbons (Fsp3) is 0. The van der Waals surface area contributed by atoms with E-state index < -0.39 is 35.8 Å². The van der Waals surface area contributed by atoms with Gasteiger partial charge >= 0.3 is 0 Å². The molecule has 2 rings (SSSR count). The molecule has 0 amide bonds. The zero-order valence-corrected chi connectivity index (χ0v) is 11.2. The summed E-state index contributed by atoms with van der Waals surface area (Å²) in [5.41, 5.74) is 5.10. The molecule has 0 aliphatic heterocycles. The second kappa shape index (κ2) is 4.31. The molecule has 0 spiro atoms.